The molecule has 5 N–H and O–H groups in total. The number of carbonyl (C=O) groups excluding carboxylic acids is 2. The number of benzene rings is 2. The van der Waals surface area contributed by atoms with Crippen LogP contribution >= 0.6 is 0 Å². The minimum atomic E-state index is -4.91. The molecule has 0 aliphatic carbocycles. The number of ether oxygens (including phenoxy) is 2. The number of phenolic OH excluding ortho intramolecular Hbond substituents is 1. The Bertz CT molecular complexity index is 1050. The Morgan fingerprint density at radius 1 is 1.24 bits per heavy atom. The molecule has 2 aromatic rings. The Hall–Kier alpha value is -3.67. The average Bonchev–Trinajstić information content (AvgIpc) is 3.19. The van der Waals surface area contributed by atoms with Crippen molar-refractivity contribution in [3.05, 3.63) is 47.5 Å². The maximum atomic E-state index is 12.4. The molecule has 1 aliphatic heterocycles. The van der Waals surface area contributed by atoms with Crippen LogP contribution in [0.1, 0.15) is 22.3 Å². The molecule has 0 saturated carbocycles. The van der Waals surface area contributed by atoms with E-state index < -0.39 is 23.9 Å². The van der Waals surface area contributed by atoms with Gasteiger partial charge in [-0.2, -0.15) is 0 Å². The molecule has 0 unspecified atom stereocenters. The highest BCUT2D eigenvalue weighted by molar-refractivity contribution is 6.01. The smallest absolute Gasteiger partial charge is 0.504 e. The maximum Gasteiger partial charge on any atom is 0.573 e. The third-order valence-electron chi connectivity index (χ3n) is 5.20. The molecular formula is C22H25F3N4O5. The first kappa shape index (κ1) is 25.0. The van der Waals surface area contributed by atoms with Gasteiger partial charge in [0.05, 0.1) is 19.2 Å². The fourth-order valence-corrected chi connectivity index (χ4v) is 3.65. The van der Waals surface area contributed by atoms with Crippen molar-refractivity contribution < 1.29 is 37.3 Å². The first-order valence-corrected chi connectivity index (χ1v) is 10.3. The van der Waals surface area contributed by atoms with E-state index in [9.17, 15) is 27.9 Å². The van der Waals surface area contributed by atoms with Gasteiger partial charge in [0.15, 0.2) is 11.5 Å². The first-order chi connectivity index (χ1) is 16.0. The van der Waals surface area contributed by atoms with E-state index in [4.69, 9.17) is 10.5 Å². The molecule has 2 aromatic carbocycles. The van der Waals surface area contributed by atoms with E-state index in [0.717, 1.165) is 30.3 Å². The van der Waals surface area contributed by atoms with Crippen LogP contribution in [0.3, 0.4) is 0 Å². The monoisotopic (exact) mass is 482 g/mol. The minimum absolute atomic E-state index is 0.0518. The summed E-state index contributed by atoms with van der Waals surface area (Å²) >= 11 is 0. The Balaban J connectivity index is 1.47. The summed E-state index contributed by atoms with van der Waals surface area (Å²) in [5, 5.41) is 15.1. The fourth-order valence-electron chi connectivity index (χ4n) is 3.65. The maximum absolute atomic E-state index is 12.4. The molecule has 3 rings (SSSR count). The number of hydrogen-bond acceptors (Lipinski definition) is 7. The van der Waals surface area contributed by atoms with Crippen LogP contribution in [0, 0.1) is 0 Å². The molecule has 12 heteroatoms. The largest absolute Gasteiger partial charge is 0.573 e. The first-order valence-electron chi connectivity index (χ1n) is 10.3. The number of nitrogens with one attached hydrogen (secondary N) is 2. The van der Waals surface area contributed by atoms with Gasteiger partial charge in [-0.25, -0.2) is 0 Å². The molecule has 0 spiro atoms. The van der Waals surface area contributed by atoms with Gasteiger partial charge in [-0.15, -0.1) is 13.2 Å². The van der Waals surface area contributed by atoms with E-state index >= 15 is 0 Å². The van der Waals surface area contributed by atoms with Gasteiger partial charge in [0.1, 0.15) is 5.75 Å². The number of anilines is 1. The predicted molar refractivity (Wildman–Crippen MR) is 116 cm³/mol. The van der Waals surface area contributed by atoms with Gasteiger partial charge in [0, 0.05) is 31.4 Å². The molecular weight excluding hydrogens is 457 g/mol. The number of phenols is 1. The lowest BCUT2D eigenvalue weighted by Gasteiger charge is -2.17. The summed E-state index contributed by atoms with van der Waals surface area (Å²) in [7, 11) is 1.47. The second-order valence-electron chi connectivity index (χ2n) is 7.77. The van der Waals surface area contributed by atoms with Gasteiger partial charge in [-0.1, -0.05) is 6.07 Å². The van der Waals surface area contributed by atoms with E-state index in [1.807, 2.05) is 6.07 Å². The van der Waals surface area contributed by atoms with Crippen molar-refractivity contribution in [1.82, 2.24) is 15.5 Å². The quantitative estimate of drug-likeness (QED) is 0.424. The number of alkyl halides is 3. The van der Waals surface area contributed by atoms with Crippen molar-refractivity contribution in [3.63, 3.8) is 0 Å². The fraction of sp³-hybridized carbons (Fsp3) is 0.364. The number of nitrogen functional groups attached to an aromatic ring is 1. The van der Waals surface area contributed by atoms with Gasteiger partial charge in [-0.05, 0) is 42.3 Å². The van der Waals surface area contributed by atoms with Crippen molar-refractivity contribution in [2.45, 2.75) is 25.4 Å². The molecule has 1 saturated heterocycles. The number of aromatic hydroxyl groups is 1. The van der Waals surface area contributed by atoms with Crippen LogP contribution in [0.25, 0.3) is 0 Å². The lowest BCUT2D eigenvalue weighted by molar-refractivity contribution is -0.274. The molecule has 1 fully saturated rings. The average molecular weight is 482 g/mol. The Kier molecular flexibility index (Phi) is 7.72. The van der Waals surface area contributed by atoms with Crippen LogP contribution in [0.5, 0.6) is 17.2 Å². The topological polar surface area (TPSA) is 126 Å². The van der Waals surface area contributed by atoms with Crippen molar-refractivity contribution in [1.29, 1.82) is 0 Å². The lowest BCUT2D eigenvalue weighted by atomic mass is 10.1. The number of nitrogens with zero attached hydrogens (tertiary/aromatic N) is 1. The Labute approximate surface area is 193 Å². The molecule has 0 bridgehead atoms. The molecule has 1 heterocycles. The zero-order chi connectivity index (χ0) is 24.9. The summed E-state index contributed by atoms with van der Waals surface area (Å²) in [6.45, 7) is 1.52. The summed E-state index contributed by atoms with van der Waals surface area (Å²) < 4.78 is 46.0. The lowest BCUT2D eigenvalue weighted by Crippen LogP contribution is -2.43. The van der Waals surface area contributed by atoms with Gasteiger partial charge in [0.2, 0.25) is 5.91 Å². The standard InChI is InChI=1S/C22H25F3N4O5/c1-33-19-5-2-13(8-18(19)30)11-29-7-6-14(12-29)28-20(31)10-27-21(32)16-9-15(3-4-17(16)26)34-22(23,24)25/h2-5,8-9,14,30H,6-7,10-12,26H2,1H3,(H,27,32)(H,28,31)/t14-/m1/s1. The molecule has 0 aromatic heterocycles. The van der Waals surface area contributed by atoms with E-state index in [0.29, 0.717) is 25.3 Å². The van der Waals surface area contributed by atoms with Crippen molar-refractivity contribution >= 4 is 17.5 Å². The van der Waals surface area contributed by atoms with Crippen LogP contribution in [-0.4, -0.2) is 61.0 Å². The highest BCUT2D eigenvalue weighted by Crippen LogP contribution is 2.28. The molecule has 1 atom stereocenters. The minimum Gasteiger partial charge on any atom is -0.504 e. The summed E-state index contributed by atoms with van der Waals surface area (Å²) in [5.74, 6) is -1.39. The van der Waals surface area contributed by atoms with Gasteiger partial charge in [-0.3, -0.25) is 14.5 Å². The molecule has 184 valence electrons. The van der Waals surface area contributed by atoms with Crippen LogP contribution in [0.2, 0.25) is 0 Å². The van der Waals surface area contributed by atoms with Gasteiger partial charge >= 0.3 is 6.36 Å². The number of likely N-dealkylation sites (tertiary alicyclic amines) is 1. The number of methoxy groups -OCH3 is 1. The van der Waals surface area contributed by atoms with E-state index in [1.165, 1.54) is 7.11 Å². The number of nitrogens with two attached hydrogens (primary N) is 1. The third kappa shape index (κ3) is 6.91. The zero-order valence-electron chi connectivity index (χ0n) is 18.3. The van der Waals surface area contributed by atoms with Crippen molar-refractivity contribution in [2.75, 3.05) is 32.5 Å². The Morgan fingerprint density at radius 2 is 2.00 bits per heavy atom. The SMILES string of the molecule is COc1ccc(CN2CC[C@@H](NC(=O)CNC(=O)c3cc(OC(F)(F)F)ccc3N)C2)cc1O. The van der Waals surface area contributed by atoms with Crippen LogP contribution in [0.4, 0.5) is 18.9 Å². The van der Waals surface area contributed by atoms with Gasteiger partial charge < -0.3 is 30.9 Å². The second kappa shape index (κ2) is 10.5. The second-order valence-corrected chi connectivity index (χ2v) is 7.77. The van der Waals surface area contributed by atoms with Crippen LogP contribution in [0.15, 0.2) is 36.4 Å². The van der Waals surface area contributed by atoms with Gasteiger partial charge in [0.25, 0.3) is 5.91 Å². The molecule has 2 amide bonds. The Morgan fingerprint density at radius 3 is 2.68 bits per heavy atom. The number of rotatable bonds is 8. The number of amides is 2. The summed E-state index contributed by atoms with van der Waals surface area (Å²) in [4.78, 5) is 26.7. The zero-order valence-corrected chi connectivity index (χ0v) is 18.3. The highest BCUT2D eigenvalue weighted by Gasteiger charge is 2.31. The van der Waals surface area contributed by atoms with Crippen LogP contribution in [-0.2, 0) is 11.3 Å². The molecule has 9 nitrogen and oxygen atoms in total. The van der Waals surface area contributed by atoms with Crippen molar-refractivity contribution in [3.8, 4) is 17.2 Å². The highest BCUT2D eigenvalue weighted by atomic mass is 19.4. The van der Waals surface area contributed by atoms with Crippen LogP contribution < -0.4 is 25.8 Å². The number of halogens is 3. The number of hydrogen-bond donors (Lipinski definition) is 4. The molecule has 0 radical (unpaired) electrons. The summed E-state index contributed by atoms with van der Waals surface area (Å²) in [6.07, 6.45) is -4.21. The number of carbonyl (C=O) groups is 2. The predicted octanol–water partition coefficient (Wildman–Crippen LogP) is 2.00. The normalized spacial score (nSPS) is 16.2. The van der Waals surface area contributed by atoms with E-state index in [-0.39, 0.29) is 29.6 Å². The summed E-state index contributed by atoms with van der Waals surface area (Å²) in [6, 6.07) is 7.99. The molecule has 34 heavy (non-hydrogen) atoms. The van der Waals surface area contributed by atoms with Crippen molar-refractivity contribution in [2.24, 2.45) is 0 Å². The third-order valence-corrected chi connectivity index (χ3v) is 5.20. The molecule has 1 aliphatic rings. The summed E-state index contributed by atoms with van der Waals surface area (Å²) in [5.41, 5.74) is 6.28. The van der Waals surface area contributed by atoms with E-state index in [1.54, 1.807) is 12.1 Å². The van der Waals surface area contributed by atoms with E-state index in [2.05, 4.69) is 20.3 Å².